The van der Waals surface area contributed by atoms with Crippen LogP contribution in [0.4, 0.5) is 4.79 Å². The molecule has 0 radical (unpaired) electrons. The summed E-state index contributed by atoms with van der Waals surface area (Å²) in [7, 11) is -3.79. The fourth-order valence-electron chi connectivity index (χ4n) is 4.00. The molecule has 198 valence electrons. The van der Waals surface area contributed by atoms with Gasteiger partial charge in [-0.2, -0.15) is 0 Å². The van der Waals surface area contributed by atoms with Crippen LogP contribution >= 0.6 is 11.3 Å². The second-order valence-corrected chi connectivity index (χ2v) is 12.4. The number of sulfonamides is 1. The minimum atomic E-state index is -3.79. The quantitative estimate of drug-likeness (QED) is 0.313. The monoisotopic (exact) mass is 536 g/mol. The molecular formula is C25H36N4O5S2. The SMILES string of the molecule is CC(C)CN(CC(C)C)C[C@H](CCNC(=O)OCc1cncs1)NS(=O)(=O)c1ccc2occc2c1. The highest BCUT2D eigenvalue weighted by molar-refractivity contribution is 7.89. The molecule has 0 bridgehead atoms. The van der Waals surface area contributed by atoms with Crippen molar-refractivity contribution in [3.05, 3.63) is 47.1 Å². The Morgan fingerprint density at radius 2 is 1.89 bits per heavy atom. The molecule has 36 heavy (non-hydrogen) atoms. The molecule has 3 rings (SSSR count). The third-order valence-electron chi connectivity index (χ3n) is 5.37. The van der Waals surface area contributed by atoms with E-state index in [0.29, 0.717) is 30.4 Å². The largest absolute Gasteiger partial charge is 0.464 e. The first-order chi connectivity index (χ1) is 17.1. The number of alkyl carbamates (subject to hydrolysis) is 1. The van der Waals surface area contributed by atoms with Crippen LogP contribution in [-0.4, -0.2) is 56.6 Å². The number of benzene rings is 1. The van der Waals surface area contributed by atoms with Crippen LogP contribution in [0.2, 0.25) is 0 Å². The summed E-state index contributed by atoms with van der Waals surface area (Å²) in [6, 6.07) is 6.13. The van der Waals surface area contributed by atoms with E-state index in [4.69, 9.17) is 9.15 Å². The second kappa shape index (κ2) is 13.2. The van der Waals surface area contributed by atoms with Crippen LogP contribution in [0.25, 0.3) is 11.0 Å². The number of aromatic nitrogens is 1. The molecule has 1 atom stereocenters. The number of thiazole rings is 1. The molecule has 2 N–H and O–H groups in total. The summed E-state index contributed by atoms with van der Waals surface area (Å²) in [5, 5.41) is 3.46. The molecule has 2 aromatic heterocycles. The molecule has 0 aliphatic rings. The van der Waals surface area contributed by atoms with Crippen molar-refractivity contribution in [2.24, 2.45) is 11.8 Å². The summed E-state index contributed by atoms with van der Waals surface area (Å²) in [6.45, 7) is 11.2. The number of carbonyl (C=O) groups excluding carboxylic acids is 1. The molecule has 0 saturated carbocycles. The first kappa shape index (κ1) is 28.1. The van der Waals surface area contributed by atoms with Gasteiger partial charge in [-0.15, -0.1) is 11.3 Å². The van der Waals surface area contributed by atoms with Crippen molar-refractivity contribution in [1.29, 1.82) is 0 Å². The van der Waals surface area contributed by atoms with Crippen molar-refractivity contribution in [3.8, 4) is 0 Å². The van der Waals surface area contributed by atoms with Gasteiger partial charge >= 0.3 is 6.09 Å². The summed E-state index contributed by atoms with van der Waals surface area (Å²) in [5.41, 5.74) is 2.31. The minimum absolute atomic E-state index is 0.152. The van der Waals surface area contributed by atoms with Crippen molar-refractivity contribution >= 4 is 38.4 Å². The molecule has 0 aliphatic carbocycles. The molecule has 0 spiro atoms. The molecule has 0 unspecified atom stereocenters. The standard InChI is InChI=1S/C25H36N4O5S2/c1-18(2)13-29(14-19(3)4)15-21(7-9-27-25(30)34-16-22-12-26-17-35-22)28-36(31,32)23-5-6-24-20(11-23)8-10-33-24/h5-6,8,10-12,17-19,21,28H,7,9,13-16H2,1-4H3,(H,27,30)/t21-/m0/s1. The van der Waals surface area contributed by atoms with Gasteiger partial charge in [-0.1, -0.05) is 27.7 Å². The summed E-state index contributed by atoms with van der Waals surface area (Å²) >= 11 is 1.41. The van der Waals surface area contributed by atoms with E-state index in [9.17, 15) is 13.2 Å². The van der Waals surface area contributed by atoms with E-state index in [1.165, 1.54) is 17.6 Å². The third kappa shape index (κ3) is 8.88. The van der Waals surface area contributed by atoms with Crippen LogP contribution in [0.5, 0.6) is 0 Å². The van der Waals surface area contributed by atoms with Gasteiger partial charge in [0.05, 0.1) is 21.5 Å². The number of carbonyl (C=O) groups is 1. The van der Waals surface area contributed by atoms with Crippen LogP contribution in [0, 0.1) is 11.8 Å². The zero-order valence-corrected chi connectivity index (χ0v) is 22.9. The van der Waals surface area contributed by atoms with Crippen molar-refractivity contribution in [2.75, 3.05) is 26.2 Å². The van der Waals surface area contributed by atoms with Gasteiger partial charge in [0.1, 0.15) is 12.2 Å². The highest BCUT2D eigenvalue weighted by Gasteiger charge is 2.24. The average molecular weight is 537 g/mol. The number of nitrogens with one attached hydrogen (secondary N) is 2. The van der Waals surface area contributed by atoms with Crippen molar-refractivity contribution in [2.45, 2.75) is 51.7 Å². The van der Waals surface area contributed by atoms with Crippen LogP contribution < -0.4 is 10.0 Å². The Hall–Kier alpha value is -2.47. The average Bonchev–Trinajstić information content (AvgIpc) is 3.47. The number of hydrogen-bond donors (Lipinski definition) is 2. The summed E-state index contributed by atoms with van der Waals surface area (Å²) < 4.78 is 40.0. The molecule has 2 heterocycles. The van der Waals surface area contributed by atoms with Gasteiger partial charge in [0.15, 0.2) is 0 Å². The van der Waals surface area contributed by atoms with Crippen LogP contribution in [0.1, 0.15) is 39.0 Å². The van der Waals surface area contributed by atoms with E-state index in [0.717, 1.165) is 23.4 Å². The maximum absolute atomic E-state index is 13.3. The number of hydrogen-bond acceptors (Lipinski definition) is 8. The zero-order valence-electron chi connectivity index (χ0n) is 21.3. The van der Waals surface area contributed by atoms with Gasteiger partial charge in [-0.3, -0.25) is 4.98 Å². The molecular weight excluding hydrogens is 500 g/mol. The van der Waals surface area contributed by atoms with E-state index in [2.05, 4.69) is 47.6 Å². The van der Waals surface area contributed by atoms with Crippen LogP contribution in [-0.2, 0) is 21.4 Å². The Morgan fingerprint density at radius 1 is 1.14 bits per heavy atom. The molecule has 11 heteroatoms. The van der Waals surface area contributed by atoms with Gasteiger partial charge in [0.25, 0.3) is 0 Å². The van der Waals surface area contributed by atoms with E-state index in [1.807, 2.05) is 0 Å². The topological polar surface area (TPSA) is 114 Å². The minimum Gasteiger partial charge on any atom is -0.464 e. The molecule has 1 aromatic carbocycles. The van der Waals surface area contributed by atoms with E-state index >= 15 is 0 Å². The lowest BCUT2D eigenvalue weighted by molar-refractivity contribution is 0.140. The fraction of sp³-hybridized carbons (Fsp3) is 0.520. The lowest BCUT2D eigenvalue weighted by Gasteiger charge is -2.30. The van der Waals surface area contributed by atoms with Gasteiger partial charge in [-0.05, 0) is 42.5 Å². The predicted molar refractivity (Wildman–Crippen MR) is 141 cm³/mol. The summed E-state index contributed by atoms with van der Waals surface area (Å²) in [4.78, 5) is 19.4. The van der Waals surface area contributed by atoms with Crippen molar-refractivity contribution < 1.29 is 22.4 Å². The Bertz CT molecular complexity index is 1180. The van der Waals surface area contributed by atoms with Gasteiger partial charge < -0.3 is 19.4 Å². The predicted octanol–water partition coefficient (Wildman–Crippen LogP) is 4.47. The maximum Gasteiger partial charge on any atom is 0.407 e. The summed E-state index contributed by atoms with van der Waals surface area (Å²) in [5.74, 6) is 0.869. The lowest BCUT2D eigenvalue weighted by Crippen LogP contribution is -2.47. The van der Waals surface area contributed by atoms with Crippen molar-refractivity contribution in [1.82, 2.24) is 19.9 Å². The van der Waals surface area contributed by atoms with Gasteiger partial charge in [-0.25, -0.2) is 17.9 Å². The molecule has 0 saturated heterocycles. The number of ether oxygens (including phenoxy) is 1. The molecule has 0 fully saturated rings. The van der Waals surface area contributed by atoms with Crippen LogP contribution in [0.15, 0.2) is 51.5 Å². The number of fused-ring (bicyclic) bond motifs is 1. The third-order valence-corrected chi connectivity index (χ3v) is 7.64. The van der Waals surface area contributed by atoms with E-state index < -0.39 is 22.2 Å². The smallest absolute Gasteiger partial charge is 0.407 e. The zero-order chi connectivity index (χ0) is 26.1. The molecule has 9 nitrogen and oxygen atoms in total. The molecule has 3 aromatic rings. The highest BCUT2D eigenvalue weighted by atomic mass is 32.2. The van der Waals surface area contributed by atoms with E-state index in [-0.39, 0.29) is 18.0 Å². The molecule has 0 aliphatic heterocycles. The summed E-state index contributed by atoms with van der Waals surface area (Å²) in [6.07, 6.45) is 3.06. The second-order valence-electron chi connectivity index (χ2n) is 9.70. The van der Waals surface area contributed by atoms with Crippen molar-refractivity contribution in [3.63, 3.8) is 0 Å². The fourth-order valence-corrected chi connectivity index (χ4v) is 5.81. The number of amides is 1. The first-order valence-corrected chi connectivity index (χ1v) is 14.5. The normalized spacial score (nSPS) is 13.1. The Morgan fingerprint density at radius 3 is 2.56 bits per heavy atom. The number of furan rings is 1. The number of rotatable bonds is 14. The van der Waals surface area contributed by atoms with E-state index in [1.54, 1.807) is 36.0 Å². The highest BCUT2D eigenvalue weighted by Crippen LogP contribution is 2.20. The Balaban J connectivity index is 1.67. The maximum atomic E-state index is 13.3. The Kier molecular flexibility index (Phi) is 10.3. The van der Waals surface area contributed by atoms with Gasteiger partial charge in [0, 0.05) is 43.8 Å². The van der Waals surface area contributed by atoms with Crippen LogP contribution in [0.3, 0.4) is 0 Å². The Labute approximate surface area is 217 Å². The number of nitrogens with zero attached hydrogens (tertiary/aromatic N) is 2. The first-order valence-electron chi connectivity index (χ1n) is 12.1. The lowest BCUT2D eigenvalue weighted by atomic mass is 10.1. The molecule has 1 amide bonds. The van der Waals surface area contributed by atoms with Gasteiger partial charge in [0.2, 0.25) is 10.0 Å².